The second kappa shape index (κ2) is 104. The van der Waals surface area contributed by atoms with Gasteiger partial charge in [0, 0.05) is 0 Å². The maximum Gasteiger partial charge on any atom is 2.00 e. The molecule has 0 aromatic carbocycles. The van der Waals surface area contributed by atoms with Crippen molar-refractivity contribution in [2.75, 3.05) is 0 Å². The molecule has 6 N–H and O–H groups in total. The van der Waals surface area contributed by atoms with Crippen molar-refractivity contribution in [1.29, 1.82) is 0 Å². The third-order valence-electron chi connectivity index (χ3n) is 0. The molecule has 0 aromatic heterocycles. The van der Waals surface area contributed by atoms with Gasteiger partial charge in [0.15, 0.2) is 0 Å². The van der Waals surface area contributed by atoms with Crippen LogP contribution in [0.15, 0.2) is 0 Å². The maximum absolute atomic E-state index is 8.25. The van der Waals surface area contributed by atoms with Crippen LogP contribution in [0.3, 0.4) is 0 Å². The van der Waals surface area contributed by atoms with E-state index in [1.807, 2.05) is 0 Å². The molecule has 0 amide bonds. The largest absolute Gasteiger partial charge is 2.00 e. The van der Waals surface area contributed by atoms with Crippen LogP contribution < -0.4 is 5.02 Å². The van der Waals surface area contributed by atoms with E-state index in [1.54, 1.807) is 0 Å². The fourth-order valence-electron chi connectivity index (χ4n) is 0. The third kappa shape index (κ3) is 1210. The molecule has 40 valence electrons. The minimum Gasteiger partial charge on any atom is 2.00 e. The molecule has 0 unspecified atom stereocenters. The first kappa shape index (κ1) is 54.5. The average Bonchev–Trinajstić information content (AvgIpc) is 0.918. The molecular formula is H6BMgO5+. The van der Waals surface area contributed by atoms with Gasteiger partial charge in [-0.05, 0) is 0 Å². The first-order valence-corrected chi connectivity index (χ1v) is 0.471. The van der Waals surface area contributed by atoms with E-state index >= 15 is 0 Å². The normalized spacial score (nSPS) is 1.14. The molecule has 5 nitrogen and oxygen atoms in total. The summed E-state index contributed by atoms with van der Waals surface area (Å²) in [4.78, 5) is 0. The van der Waals surface area contributed by atoms with Crippen LogP contribution in [0.4, 0.5) is 0 Å². The number of hydrogen-bond donors (Lipinski definition) is 0. The van der Waals surface area contributed by atoms with Crippen LogP contribution in [0.25, 0.3) is 0 Å². The van der Waals surface area contributed by atoms with E-state index in [0.717, 1.165) is 0 Å². The SMILES string of the molecule is O.O.O.O=B[O-].[Mg+2]. The average molecular weight is 121 g/mol. The summed E-state index contributed by atoms with van der Waals surface area (Å²) in [6.07, 6.45) is 0. The first-order valence-electron chi connectivity index (χ1n) is 0.471. The second-order valence-electron chi connectivity index (χ2n) is 0.0962. The molecule has 0 saturated heterocycles. The molecule has 0 saturated carbocycles. The summed E-state index contributed by atoms with van der Waals surface area (Å²) in [5.41, 5.74) is 0. The summed E-state index contributed by atoms with van der Waals surface area (Å²) < 4.78 is 8.25. The molecule has 0 rings (SSSR count). The Morgan fingerprint density at radius 3 is 1.14 bits per heavy atom. The zero-order valence-corrected chi connectivity index (χ0v) is 5.02. The van der Waals surface area contributed by atoms with E-state index in [4.69, 9.17) is 9.73 Å². The van der Waals surface area contributed by atoms with E-state index in [9.17, 15) is 0 Å². The van der Waals surface area contributed by atoms with E-state index in [2.05, 4.69) is 0 Å². The van der Waals surface area contributed by atoms with E-state index in [-0.39, 0.29) is 39.5 Å². The van der Waals surface area contributed by atoms with Gasteiger partial charge < -0.3 is 16.4 Å². The summed E-state index contributed by atoms with van der Waals surface area (Å²) in [6, 6.07) is 0. The van der Waals surface area contributed by atoms with Gasteiger partial charge in [-0.1, -0.05) is 0 Å². The molecular weight excluding hydrogens is 115 g/mol. The summed E-state index contributed by atoms with van der Waals surface area (Å²) in [5, 5.41) is 8.25. The molecule has 0 aliphatic heterocycles. The van der Waals surface area contributed by atoms with Crippen LogP contribution in [0.2, 0.25) is 0 Å². The van der Waals surface area contributed by atoms with Crippen LogP contribution >= 0.6 is 0 Å². The van der Waals surface area contributed by atoms with Crippen molar-refractivity contribution in [2.45, 2.75) is 0 Å². The zero-order chi connectivity index (χ0) is 2.71. The van der Waals surface area contributed by atoms with Gasteiger partial charge in [-0.15, -0.1) is 0 Å². The van der Waals surface area contributed by atoms with Gasteiger partial charge in [-0.2, -0.15) is 0 Å². The molecule has 0 fully saturated rings. The molecule has 0 heterocycles. The molecule has 0 aliphatic rings. The van der Waals surface area contributed by atoms with Crippen LogP contribution in [-0.2, 0) is 4.70 Å². The second-order valence-corrected chi connectivity index (χ2v) is 0.0962. The smallest absolute Gasteiger partial charge is 2.00 e. The summed E-state index contributed by atoms with van der Waals surface area (Å²) >= 11 is 0. The predicted molar refractivity (Wildman–Crippen MR) is 23.0 cm³/mol. The Morgan fingerprint density at radius 2 is 1.14 bits per heavy atom. The van der Waals surface area contributed by atoms with Crippen molar-refractivity contribution in [2.24, 2.45) is 0 Å². The predicted octanol–water partition coefficient (Wildman–Crippen LogP) is -4.54. The Hall–Kier alpha value is 0.311. The Labute approximate surface area is 57.1 Å². The molecule has 0 aromatic rings. The van der Waals surface area contributed by atoms with Crippen molar-refractivity contribution < 1.29 is 26.2 Å². The number of rotatable bonds is 0. The quantitative estimate of drug-likeness (QED) is 0.298. The van der Waals surface area contributed by atoms with Crippen LogP contribution in [-0.4, -0.2) is 46.8 Å². The molecule has 0 atom stereocenters. The van der Waals surface area contributed by atoms with Crippen molar-refractivity contribution in [3.8, 4) is 0 Å². The standard InChI is InChI=1S/BO2.Mg.3H2O/c2-1-3;;;;/h;;3*1H2/q-1;+2;;;. The fraction of sp³-hybridized carbons (Fsp3) is 0. The topological polar surface area (TPSA) is 135 Å². The zero-order valence-electron chi connectivity index (χ0n) is 3.60. The van der Waals surface area contributed by atoms with Gasteiger partial charge >= 0.3 is 40.1 Å². The van der Waals surface area contributed by atoms with Gasteiger partial charge in [0.1, 0.15) is 0 Å². The van der Waals surface area contributed by atoms with Gasteiger partial charge in [-0.25, -0.2) is 0 Å². The Morgan fingerprint density at radius 1 is 1.14 bits per heavy atom. The summed E-state index contributed by atoms with van der Waals surface area (Å²) in [6.45, 7) is 0. The van der Waals surface area contributed by atoms with E-state index in [0.29, 0.717) is 0 Å². The molecule has 0 spiro atoms. The molecule has 0 bridgehead atoms. The Balaban J connectivity index is -0.00000000333. The first-order chi connectivity index (χ1) is 1.41. The summed E-state index contributed by atoms with van der Waals surface area (Å²) in [7, 11) is -0.500. The van der Waals surface area contributed by atoms with E-state index in [1.165, 1.54) is 0 Å². The van der Waals surface area contributed by atoms with Crippen molar-refractivity contribution in [3.05, 3.63) is 0 Å². The molecule has 7 heteroatoms. The number of hydrogen-bond acceptors (Lipinski definition) is 2. The van der Waals surface area contributed by atoms with Crippen LogP contribution in [0.1, 0.15) is 0 Å². The minimum atomic E-state index is -0.500. The monoisotopic (exact) mass is 121 g/mol. The van der Waals surface area contributed by atoms with Gasteiger partial charge in [-0.3, -0.25) is 0 Å². The van der Waals surface area contributed by atoms with E-state index < -0.39 is 7.35 Å². The molecule has 7 heavy (non-hydrogen) atoms. The van der Waals surface area contributed by atoms with Gasteiger partial charge in [0.05, 0.1) is 0 Å². The Kier molecular flexibility index (Phi) is 807. The van der Waals surface area contributed by atoms with Crippen LogP contribution in [0.5, 0.6) is 0 Å². The van der Waals surface area contributed by atoms with Crippen molar-refractivity contribution in [3.63, 3.8) is 0 Å². The van der Waals surface area contributed by atoms with Crippen molar-refractivity contribution >= 4 is 30.4 Å². The van der Waals surface area contributed by atoms with Gasteiger partial charge in [0.25, 0.3) is 0 Å². The van der Waals surface area contributed by atoms with Crippen molar-refractivity contribution in [1.82, 2.24) is 0 Å². The molecule has 0 radical (unpaired) electrons. The fourth-order valence-corrected chi connectivity index (χ4v) is 0. The summed E-state index contributed by atoms with van der Waals surface area (Å²) in [5.74, 6) is 0. The minimum absolute atomic E-state index is 0. The Bertz CT molecular complexity index is 15.6. The van der Waals surface area contributed by atoms with Crippen LogP contribution in [0, 0.1) is 0 Å². The molecule has 0 aliphatic carbocycles. The van der Waals surface area contributed by atoms with Gasteiger partial charge in [0.2, 0.25) is 0 Å². The third-order valence-corrected chi connectivity index (χ3v) is 0. The maximum atomic E-state index is 8.25.